The number of hydrogen-bond donors (Lipinski definition) is 1. The number of amides is 1. The Morgan fingerprint density at radius 1 is 1.14 bits per heavy atom. The molecule has 6 nitrogen and oxygen atoms in total. The van der Waals surface area contributed by atoms with Crippen molar-refractivity contribution in [3.63, 3.8) is 0 Å². The lowest BCUT2D eigenvalue weighted by Gasteiger charge is -2.27. The number of aryl methyl sites for hydroxylation is 1. The molecule has 0 saturated heterocycles. The van der Waals surface area contributed by atoms with Crippen LogP contribution in [0.5, 0.6) is 0 Å². The smallest absolute Gasteiger partial charge is 0.227 e. The van der Waals surface area contributed by atoms with Gasteiger partial charge in [-0.2, -0.15) is 4.98 Å². The molecule has 7 heteroatoms. The van der Waals surface area contributed by atoms with Gasteiger partial charge >= 0.3 is 0 Å². The number of carbonyl (C=O) groups is 1. The van der Waals surface area contributed by atoms with Crippen LogP contribution in [0.2, 0.25) is 5.02 Å². The number of rotatable bonds is 8. The molecular weight excluding hydrogens is 388 g/mol. The lowest BCUT2D eigenvalue weighted by molar-refractivity contribution is -0.116. The molecule has 0 atom stereocenters. The van der Waals surface area contributed by atoms with Crippen molar-refractivity contribution in [2.24, 2.45) is 0 Å². The van der Waals surface area contributed by atoms with Gasteiger partial charge in [-0.1, -0.05) is 16.8 Å². The third-order valence-electron chi connectivity index (χ3n) is 4.58. The Kier molecular flexibility index (Phi) is 6.88. The van der Waals surface area contributed by atoms with E-state index in [1.165, 1.54) is 0 Å². The summed E-state index contributed by atoms with van der Waals surface area (Å²) in [6.07, 6.45) is 0.637. The van der Waals surface area contributed by atoms with Gasteiger partial charge in [-0.25, -0.2) is 0 Å². The van der Waals surface area contributed by atoms with Gasteiger partial charge in [0.1, 0.15) is 0 Å². The first-order valence-electron chi connectivity index (χ1n) is 9.71. The number of carbonyl (C=O) groups excluding carboxylic acids is 1. The molecule has 29 heavy (non-hydrogen) atoms. The molecule has 0 fully saturated rings. The van der Waals surface area contributed by atoms with Crippen LogP contribution in [0.1, 0.15) is 33.1 Å². The highest BCUT2D eigenvalue weighted by molar-refractivity contribution is 6.30. The summed E-state index contributed by atoms with van der Waals surface area (Å²) in [5.41, 5.74) is 2.73. The number of nitrogens with zero attached hydrogens (tertiary/aromatic N) is 3. The third-order valence-corrected chi connectivity index (χ3v) is 4.84. The van der Waals surface area contributed by atoms with E-state index < -0.39 is 0 Å². The molecule has 1 N–H and O–H groups in total. The molecule has 0 unspecified atom stereocenters. The van der Waals surface area contributed by atoms with E-state index in [9.17, 15) is 4.79 Å². The first-order valence-corrected chi connectivity index (χ1v) is 10.1. The Balaban J connectivity index is 1.53. The van der Waals surface area contributed by atoms with Crippen LogP contribution < -0.4 is 10.2 Å². The fraction of sp³-hybridized carbons (Fsp3) is 0.318. The highest BCUT2D eigenvalue weighted by Crippen LogP contribution is 2.21. The zero-order valence-electron chi connectivity index (χ0n) is 16.9. The summed E-state index contributed by atoms with van der Waals surface area (Å²) in [5, 5.41) is 7.52. The van der Waals surface area contributed by atoms with Gasteiger partial charge in [0.05, 0.1) is 0 Å². The summed E-state index contributed by atoms with van der Waals surface area (Å²) in [5.74, 6) is 0.814. The molecule has 0 spiro atoms. The van der Waals surface area contributed by atoms with E-state index in [2.05, 4.69) is 41.1 Å². The van der Waals surface area contributed by atoms with Gasteiger partial charge in [0, 0.05) is 47.4 Å². The van der Waals surface area contributed by atoms with Crippen molar-refractivity contribution < 1.29 is 9.32 Å². The first-order chi connectivity index (χ1) is 14.0. The molecule has 2 aromatic carbocycles. The second-order valence-corrected chi connectivity index (χ2v) is 7.43. The second-order valence-electron chi connectivity index (χ2n) is 6.99. The molecular formula is C22H25ClN4O2. The van der Waals surface area contributed by atoms with Gasteiger partial charge in [-0.3, -0.25) is 4.79 Å². The van der Waals surface area contributed by atoms with Crippen molar-refractivity contribution in [1.29, 1.82) is 0 Å². The Labute approximate surface area is 175 Å². The van der Waals surface area contributed by atoms with Crippen LogP contribution >= 0.6 is 11.6 Å². The minimum atomic E-state index is -0.0970. The van der Waals surface area contributed by atoms with Gasteiger partial charge in [0.2, 0.25) is 17.6 Å². The molecule has 1 aromatic heterocycles. The minimum Gasteiger partial charge on any atom is -0.369 e. The number of nitrogens with one attached hydrogen (secondary N) is 1. The third kappa shape index (κ3) is 5.57. The molecule has 1 heterocycles. The Morgan fingerprint density at radius 3 is 2.45 bits per heavy atom. The van der Waals surface area contributed by atoms with Crippen LogP contribution in [0.4, 0.5) is 11.4 Å². The predicted molar refractivity (Wildman–Crippen MR) is 116 cm³/mol. The second kappa shape index (κ2) is 9.56. The summed E-state index contributed by atoms with van der Waals surface area (Å²) in [4.78, 5) is 18.9. The van der Waals surface area contributed by atoms with Crippen molar-refractivity contribution in [3.05, 3.63) is 59.4 Å². The summed E-state index contributed by atoms with van der Waals surface area (Å²) >= 11 is 5.89. The molecule has 0 aliphatic rings. The van der Waals surface area contributed by atoms with Crippen molar-refractivity contribution in [3.8, 4) is 11.4 Å². The molecule has 0 radical (unpaired) electrons. The SMILES string of the molecule is CCN(c1ccc(NC(=O)CCc2nc(-c3ccc(Cl)cc3)no2)cc1)C(C)C. The van der Waals surface area contributed by atoms with Crippen LogP contribution in [0, 0.1) is 0 Å². The molecule has 1 amide bonds. The summed E-state index contributed by atoms with van der Waals surface area (Å²) in [6, 6.07) is 15.5. The number of aromatic nitrogens is 2. The van der Waals surface area contributed by atoms with Gasteiger partial charge < -0.3 is 14.7 Å². The quantitative estimate of drug-likeness (QED) is 0.550. The van der Waals surface area contributed by atoms with Crippen molar-refractivity contribution in [2.45, 2.75) is 39.7 Å². The summed E-state index contributed by atoms with van der Waals surface area (Å²) in [7, 11) is 0. The largest absolute Gasteiger partial charge is 0.369 e. The van der Waals surface area contributed by atoms with Gasteiger partial charge in [-0.05, 0) is 69.3 Å². The molecule has 3 aromatic rings. The standard InChI is InChI=1S/C22H25ClN4O2/c1-4-27(15(2)3)19-11-9-18(10-12-19)24-20(28)13-14-21-25-22(26-29-21)16-5-7-17(23)8-6-16/h5-12,15H,4,13-14H2,1-3H3,(H,24,28). The van der Waals surface area contributed by atoms with E-state index in [-0.39, 0.29) is 12.3 Å². The van der Waals surface area contributed by atoms with E-state index in [1.807, 2.05) is 36.4 Å². The lowest BCUT2D eigenvalue weighted by atomic mass is 10.2. The molecule has 0 aliphatic carbocycles. The molecule has 152 valence electrons. The van der Waals surface area contributed by atoms with Crippen LogP contribution in [-0.4, -0.2) is 28.6 Å². The fourth-order valence-corrected chi connectivity index (χ4v) is 3.22. The van der Waals surface area contributed by atoms with Crippen molar-refractivity contribution >= 4 is 28.9 Å². The average molecular weight is 413 g/mol. The highest BCUT2D eigenvalue weighted by atomic mass is 35.5. The fourth-order valence-electron chi connectivity index (χ4n) is 3.10. The molecule has 0 aliphatic heterocycles. The Hall–Kier alpha value is -2.86. The van der Waals surface area contributed by atoms with E-state index in [4.69, 9.17) is 16.1 Å². The topological polar surface area (TPSA) is 71.3 Å². The van der Waals surface area contributed by atoms with Crippen molar-refractivity contribution in [2.75, 3.05) is 16.8 Å². The molecule has 0 saturated carbocycles. The van der Waals surface area contributed by atoms with Gasteiger partial charge in [0.25, 0.3) is 0 Å². The Morgan fingerprint density at radius 2 is 1.83 bits per heavy atom. The lowest BCUT2D eigenvalue weighted by Crippen LogP contribution is -2.30. The minimum absolute atomic E-state index is 0.0970. The van der Waals surface area contributed by atoms with Crippen LogP contribution in [0.3, 0.4) is 0 Å². The summed E-state index contributed by atoms with van der Waals surface area (Å²) < 4.78 is 5.25. The zero-order valence-corrected chi connectivity index (χ0v) is 17.6. The number of hydrogen-bond acceptors (Lipinski definition) is 5. The van der Waals surface area contributed by atoms with Gasteiger partial charge in [-0.15, -0.1) is 0 Å². The number of anilines is 2. The maximum atomic E-state index is 12.3. The average Bonchev–Trinajstić information content (AvgIpc) is 3.18. The number of halogens is 1. The first kappa shape index (κ1) is 20.9. The van der Waals surface area contributed by atoms with E-state index in [0.717, 1.165) is 23.5 Å². The monoisotopic (exact) mass is 412 g/mol. The maximum Gasteiger partial charge on any atom is 0.227 e. The van der Waals surface area contributed by atoms with Crippen molar-refractivity contribution in [1.82, 2.24) is 10.1 Å². The Bertz CT molecular complexity index is 936. The highest BCUT2D eigenvalue weighted by Gasteiger charge is 2.12. The molecule has 3 rings (SSSR count). The number of benzene rings is 2. The van der Waals surface area contributed by atoms with Crippen LogP contribution in [0.25, 0.3) is 11.4 Å². The zero-order chi connectivity index (χ0) is 20.8. The van der Waals surface area contributed by atoms with Crippen LogP contribution in [0.15, 0.2) is 53.1 Å². The van der Waals surface area contributed by atoms with E-state index in [1.54, 1.807) is 12.1 Å². The summed E-state index contributed by atoms with van der Waals surface area (Å²) in [6.45, 7) is 7.39. The van der Waals surface area contributed by atoms with E-state index >= 15 is 0 Å². The van der Waals surface area contributed by atoms with Gasteiger partial charge in [0.15, 0.2) is 0 Å². The van der Waals surface area contributed by atoms with E-state index in [0.29, 0.717) is 29.2 Å². The maximum absolute atomic E-state index is 12.3. The normalized spacial score (nSPS) is 10.9. The molecule has 0 bridgehead atoms. The predicted octanol–water partition coefficient (Wildman–Crippen LogP) is 5.20. The van der Waals surface area contributed by atoms with Crippen LogP contribution in [-0.2, 0) is 11.2 Å².